The molecule has 0 unspecified atom stereocenters. The Morgan fingerprint density at radius 2 is 0.541 bits per heavy atom. The molecule has 0 aromatic heterocycles. The van der Waals surface area contributed by atoms with Gasteiger partial charge in [-0.25, -0.2) is 0 Å². The molecule has 0 bridgehead atoms. The Hall–Kier alpha value is -1.59. The van der Waals surface area contributed by atoms with Crippen LogP contribution >= 0.6 is 0 Å². The summed E-state index contributed by atoms with van der Waals surface area (Å²) in [7, 11) is 0. The molecule has 0 heterocycles. The third-order valence-corrected chi connectivity index (χ3v) is 12.5. The average Bonchev–Trinajstić information content (AvgIpc) is 3.23. The first kappa shape index (κ1) is 59.4. The molecule has 0 fully saturated rings. The highest BCUT2D eigenvalue weighted by atomic mass is 16.6. The van der Waals surface area contributed by atoms with Crippen LogP contribution in [0, 0.1) is 11.8 Å². The Morgan fingerprint density at radius 1 is 0.311 bits per heavy atom. The van der Waals surface area contributed by atoms with Crippen molar-refractivity contribution in [2.45, 2.75) is 310 Å². The Bertz CT molecular complexity index is 931. The summed E-state index contributed by atoms with van der Waals surface area (Å²) in [5.74, 6) is 0.821. The minimum Gasteiger partial charge on any atom is -0.462 e. The van der Waals surface area contributed by atoms with Crippen molar-refractivity contribution in [1.29, 1.82) is 0 Å². The summed E-state index contributed by atoms with van der Waals surface area (Å²) >= 11 is 0. The lowest BCUT2D eigenvalue weighted by molar-refractivity contribution is -0.167. The fourth-order valence-corrected chi connectivity index (χ4v) is 8.34. The van der Waals surface area contributed by atoms with Gasteiger partial charge in [0.1, 0.15) is 13.2 Å². The number of carbonyl (C=O) groups is 3. The molecule has 0 radical (unpaired) electrons. The second kappa shape index (κ2) is 47.9. The molecule has 0 aliphatic heterocycles. The molecule has 61 heavy (non-hydrogen) atoms. The van der Waals surface area contributed by atoms with Crippen molar-refractivity contribution in [3.8, 4) is 0 Å². The maximum Gasteiger partial charge on any atom is 0.306 e. The summed E-state index contributed by atoms with van der Waals surface area (Å²) in [5, 5.41) is 0. The summed E-state index contributed by atoms with van der Waals surface area (Å²) in [6.45, 7) is 11.4. The van der Waals surface area contributed by atoms with Crippen LogP contribution in [0.5, 0.6) is 0 Å². The largest absolute Gasteiger partial charge is 0.462 e. The molecular weight excluding hydrogens is 757 g/mol. The van der Waals surface area contributed by atoms with Crippen molar-refractivity contribution in [2.24, 2.45) is 11.8 Å². The molecule has 0 saturated carbocycles. The SMILES string of the molecule is CCCCCCCCCCCCCCCC(=O)OC[C@@H](COC(=O)CCCCCCCCCCCCCCCC(C)C)OC(=O)CCCCCCCCCCCCCC(C)C. The lowest BCUT2D eigenvalue weighted by Crippen LogP contribution is -2.30. The Morgan fingerprint density at radius 3 is 0.803 bits per heavy atom. The minimum absolute atomic E-state index is 0.0632. The summed E-state index contributed by atoms with van der Waals surface area (Å²) in [6, 6.07) is 0. The molecule has 1 atom stereocenters. The average molecular weight is 863 g/mol. The zero-order valence-corrected chi connectivity index (χ0v) is 41.8. The van der Waals surface area contributed by atoms with Crippen LogP contribution in [0.4, 0.5) is 0 Å². The third-order valence-electron chi connectivity index (χ3n) is 12.5. The first-order valence-corrected chi connectivity index (χ1v) is 27.2. The van der Waals surface area contributed by atoms with E-state index in [1.165, 1.54) is 193 Å². The number of esters is 3. The van der Waals surface area contributed by atoms with E-state index in [-0.39, 0.29) is 31.1 Å². The molecule has 0 aliphatic carbocycles. The predicted octanol–water partition coefficient (Wildman–Crippen LogP) is 17.7. The van der Waals surface area contributed by atoms with Gasteiger partial charge in [-0.05, 0) is 31.1 Å². The van der Waals surface area contributed by atoms with Crippen molar-refractivity contribution >= 4 is 17.9 Å². The van der Waals surface area contributed by atoms with E-state index in [2.05, 4.69) is 34.6 Å². The zero-order valence-electron chi connectivity index (χ0n) is 41.8. The standard InChI is InChI=1S/C55H106O6/c1-6-7-8-9-10-11-12-14-20-25-30-35-40-45-53(56)59-48-52(61-55(58)47-42-37-32-27-22-17-19-24-29-34-39-44-51(4)5)49-60-54(57)46-41-36-31-26-21-16-13-15-18-23-28-33-38-43-50(2)3/h50-52H,6-49H2,1-5H3/t52-/m0/s1. The fraction of sp³-hybridized carbons (Fsp3) is 0.945. The molecule has 0 saturated heterocycles. The molecule has 362 valence electrons. The van der Waals surface area contributed by atoms with Crippen LogP contribution in [0.15, 0.2) is 0 Å². The second-order valence-corrected chi connectivity index (χ2v) is 19.8. The number of hydrogen-bond acceptors (Lipinski definition) is 6. The van der Waals surface area contributed by atoms with E-state index in [4.69, 9.17) is 14.2 Å². The number of ether oxygens (including phenoxy) is 3. The monoisotopic (exact) mass is 863 g/mol. The molecule has 0 amide bonds. The van der Waals surface area contributed by atoms with Gasteiger partial charge in [0.05, 0.1) is 0 Å². The van der Waals surface area contributed by atoms with E-state index in [1.54, 1.807) is 0 Å². The third kappa shape index (κ3) is 49.3. The van der Waals surface area contributed by atoms with Crippen LogP contribution in [0.1, 0.15) is 304 Å². The van der Waals surface area contributed by atoms with Gasteiger partial charge in [0.2, 0.25) is 0 Å². The fourth-order valence-electron chi connectivity index (χ4n) is 8.34. The zero-order chi connectivity index (χ0) is 44.7. The van der Waals surface area contributed by atoms with E-state index in [9.17, 15) is 14.4 Å². The van der Waals surface area contributed by atoms with Gasteiger partial charge in [-0.1, -0.05) is 266 Å². The molecule has 0 aromatic rings. The molecule has 0 aromatic carbocycles. The van der Waals surface area contributed by atoms with E-state index in [0.717, 1.165) is 69.6 Å². The highest BCUT2D eigenvalue weighted by Gasteiger charge is 2.19. The molecule has 0 spiro atoms. The lowest BCUT2D eigenvalue weighted by Gasteiger charge is -2.18. The topological polar surface area (TPSA) is 78.9 Å². The van der Waals surface area contributed by atoms with E-state index in [1.807, 2.05) is 0 Å². The van der Waals surface area contributed by atoms with Crippen molar-refractivity contribution in [1.82, 2.24) is 0 Å². The van der Waals surface area contributed by atoms with Crippen LogP contribution < -0.4 is 0 Å². The maximum absolute atomic E-state index is 12.8. The lowest BCUT2D eigenvalue weighted by atomic mass is 10.0. The van der Waals surface area contributed by atoms with Crippen LogP contribution in [0.2, 0.25) is 0 Å². The Labute approximate surface area is 380 Å². The molecule has 6 nitrogen and oxygen atoms in total. The van der Waals surface area contributed by atoms with Crippen molar-refractivity contribution in [3.63, 3.8) is 0 Å². The van der Waals surface area contributed by atoms with Gasteiger partial charge in [0, 0.05) is 19.3 Å². The number of carbonyl (C=O) groups excluding carboxylic acids is 3. The van der Waals surface area contributed by atoms with Gasteiger partial charge in [0.15, 0.2) is 6.10 Å². The molecular formula is C55H106O6. The summed E-state index contributed by atoms with van der Waals surface area (Å²) in [5.41, 5.74) is 0. The summed E-state index contributed by atoms with van der Waals surface area (Å²) < 4.78 is 16.8. The van der Waals surface area contributed by atoms with Gasteiger partial charge in [-0.3, -0.25) is 14.4 Å². The molecule has 6 heteroatoms. The Kier molecular flexibility index (Phi) is 46.6. The quantitative estimate of drug-likeness (QED) is 0.0344. The van der Waals surface area contributed by atoms with E-state index >= 15 is 0 Å². The van der Waals surface area contributed by atoms with Crippen LogP contribution in [-0.4, -0.2) is 37.2 Å². The molecule has 0 aliphatic rings. The van der Waals surface area contributed by atoms with E-state index < -0.39 is 6.10 Å². The first-order valence-electron chi connectivity index (χ1n) is 27.2. The normalized spacial score (nSPS) is 12.0. The summed E-state index contributed by atoms with van der Waals surface area (Å²) in [6.07, 6.45) is 49.4. The smallest absolute Gasteiger partial charge is 0.306 e. The minimum atomic E-state index is -0.762. The van der Waals surface area contributed by atoms with Crippen LogP contribution in [0.25, 0.3) is 0 Å². The maximum atomic E-state index is 12.8. The highest BCUT2D eigenvalue weighted by Crippen LogP contribution is 2.18. The molecule has 0 N–H and O–H groups in total. The van der Waals surface area contributed by atoms with Gasteiger partial charge < -0.3 is 14.2 Å². The Balaban J connectivity index is 4.31. The van der Waals surface area contributed by atoms with Gasteiger partial charge >= 0.3 is 17.9 Å². The second-order valence-electron chi connectivity index (χ2n) is 19.8. The van der Waals surface area contributed by atoms with Crippen LogP contribution in [-0.2, 0) is 28.6 Å². The first-order chi connectivity index (χ1) is 29.7. The molecule has 0 rings (SSSR count). The number of unbranched alkanes of at least 4 members (excludes halogenated alkanes) is 34. The van der Waals surface area contributed by atoms with Crippen LogP contribution in [0.3, 0.4) is 0 Å². The number of hydrogen-bond donors (Lipinski definition) is 0. The van der Waals surface area contributed by atoms with E-state index in [0.29, 0.717) is 19.3 Å². The van der Waals surface area contributed by atoms with Crippen molar-refractivity contribution in [3.05, 3.63) is 0 Å². The predicted molar refractivity (Wildman–Crippen MR) is 261 cm³/mol. The van der Waals surface area contributed by atoms with Crippen molar-refractivity contribution < 1.29 is 28.6 Å². The van der Waals surface area contributed by atoms with Crippen molar-refractivity contribution in [2.75, 3.05) is 13.2 Å². The summed E-state index contributed by atoms with van der Waals surface area (Å²) in [4.78, 5) is 38.0. The highest BCUT2D eigenvalue weighted by molar-refractivity contribution is 5.71. The van der Waals surface area contributed by atoms with Gasteiger partial charge in [-0.2, -0.15) is 0 Å². The number of rotatable bonds is 49. The van der Waals surface area contributed by atoms with Gasteiger partial charge in [0.25, 0.3) is 0 Å². The van der Waals surface area contributed by atoms with Gasteiger partial charge in [-0.15, -0.1) is 0 Å².